The van der Waals surface area contributed by atoms with E-state index in [9.17, 15) is 0 Å². The molecule has 1 aliphatic rings. The molecule has 0 spiro atoms. The number of nitrogen functional groups attached to an aromatic ring is 1. The molecule has 0 amide bonds. The van der Waals surface area contributed by atoms with Crippen molar-refractivity contribution in [3.8, 4) is 0 Å². The van der Waals surface area contributed by atoms with Crippen molar-refractivity contribution in [3.63, 3.8) is 0 Å². The number of hydrazine groups is 1. The molecule has 2 rings (SSSR count). The van der Waals surface area contributed by atoms with Gasteiger partial charge in [0.25, 0.3) is 0 Å². The first-order valence-corrected chi connectivity index (χ1v) is 5.93. The van der Waals surface area contributed by atoms with Crippen LogP contribution < -0.4 is 16.1 Å². The number of likely N-dealkylation sites (N-methyl/N-ethyl adjacent to an activating group) is 1. The highest BCUT2D eigenvalue weighted by molar-refractivity contribution is 5.40. The zero-order chi connectivity index (χ0) is 13.1. The van der Waals surface area contributed by atoms with Crippen molar-refractivity contribution < 1.29 is 0 Å². The predicted octanol–water partition coefficient (Wildman–Crippen LogP) is -0.906. The van der Waals surface area contributed by atoms with Gasteiger partial charge in [-0.2, -0.15) is 15.0 Å². The van der Waals surface area contributed by atoms with Gasteiger partial charge < -0.3 is 15.5 Å². The molecule has 1 aromatic rings. The summed E-state index contributed by atoms with van der Waals surface area (Å²) in [5.74, 6) is 1.28. The Bertz CT molecular complexity index is 399. The Balaban J connectivity index is 2.04. The van der Waals surface area contributed by atoms with E-state index >= 15 is 0 Å². The van der Waals surface area contributed by atoms with E-state index < -0.39 is 0 Å². The highest BCUT2D eigenvalue weighted by atomic mass is 15.6. The van der Waals surface area contributed by atoms with Gasteiger partial charge in [-0.15, -0.1) is 0 Å². The number of piperazine rings is 1. The molecule has 100 valence electrons. The number of anilines is 3. The lowest BCUT2D eigenvalue weighted by Gasteiger charge is -2.32. The molecule has 0 aliphatic carbocycles. The van der Waals surface area contributed by atoms with Crippen molar-refractivity contribution in [1.29, 1.82) is 0 Å². The van der Waals surface area contributed by atoms with Crippen molar-refractivity contribution >= 4 is 17.8 Å². The van der Waals surface area contributed by atoms with Gasteiger partial charge in [0, 0.05) is 40.3 Å². The molecule has 1 aromatic heterocycles. The van der Waals surface area contributed by atoms with E-state index in [4.69, 9.17) is 5.73 Å². The van der Waals surface area contributed by atoms with Crippen LogP contribution in [-0.4, -0.2) is 72.2 Å². The third kappa shape index (κ3) is 3.17. The maximum absolute atomic E-state index is 5.67. The van der Waals surface area contributed by atoms with Crippen LogP contribution in [0.4, 0.5) is 17.8 Å². The number of nitrogens with one attached hydrogen (secondary N) is 1. The van der Waals surface area contributed by atoms with E-state index in [-0.39, 0.29) is 5.95 Å². The molecular weight excluding hydrogens is 232 g/mol. The third-order valence-electron chi connectivity index (χ3n) is 2.80. The molecule has 0 unspecified atom stereocenters. The molecule has 0 aromatic carbocycles. The zero-order valence-corrected chi connectivity index (χ0v) is 11.1. The Morgan fingerprint density at radius 2 is 1.78 bits per heavy atom. The van der Waals surface area contributed by atoms with Gasteiger partial charge in [0.1, 0.15) is 0 Å². The Labute approximate surface area is 107 Å². The van der Waals surface area contributed by atoms with Gasteiger partial charge in [-0.05, 0) is 7.05 Å². The van der Waals surface area contributed by atoms with Gasteiger partial charge >= 0.3 is 0 Å². The van der Waals surface area contributed by atoms with Gasteiger partial charge in [-0.3, -0.25) is 5.43 Å². The molecular formula is C10H20N8. The van der Waals surface area contributed by atoms with Gasteiger partial charge in [0.2, 0.25) is 17.8 Å². The molecule has 1 aliphatic heterocycles. The van der Waals surface area contributed by atoms with Crippen LogP contribution in [0.2, 0.25) is 0 Å². The molecule has 2 heterocycles. The van der Waals surface area contributed by atoms with E-state index in [2.05, 4.69) is 37.3 Å². The number of hydrogen-bond acceptors (Lipinski definition) is 8. The largest absolute Gasteiger partial charge is 0.368 e. The number of rotatable bonds is 3. The van der Waals surface area contributed by atoms with E-state index in [0.717, 1.165) is 26.2 Å². The fourth-order valence-corrected chi connectivity index (χ4v) is 1.69. The first kappa shape index (κ1) is 12.8. The normalized spacial score (nSPS) is 17.7. The van der Waals surface area contributed by atoms with E-state index in [1.807, 2.05) is 14.1 Å². The molecule has 0 bridgehead atoms. The monoisotopic (exact) mass is 252 g/mol. The first-order chi connectivity index (χ1) is 8.54. The van der Waals surface area contributed by atoms with Crippen LogP contribution in [0.15, 0.2) is 0 Å². The molecule has 0 atom stereocenters. The molecule has 8 nitrogen and oxygen atoms in total. The standard InChI is InChI=1S/C10H20N8/c1-16(2)10-13-8(11)12-9(14-10)15-18-6-4-17(3)5-7-18/h4-7H2,1-3H3,(H3,11,12,13,14,15). The van der Waals surface area contributed by atoms with Gasteiger partial charge in [-0.1, -0.05) is 0 Å². The van der Waals surface area contributed by atoms with E-state index in [1.54, 1.807) is 4.90 Å². The number of nitrogens with two attached hydrogens (primary N) is 1. The van der Waals surface area contributed by atoms with Crippen LogP contribution >= 0.6 is 0 Å². The second kappa shape index (κ2) is 5.32. The van der Waals surface area contributed by atoms with Crippen LogP contribution in [-0.2, 0) is 0 Å². The van der Waals surface area contributed by atoms with Gasteiger partial charge in [0.05, 0.1) is 0 Å². The first-order valence-electron chi connectivity index (χ1n) is 5.93. The highest BCUT2D eigenvalue weighted by Crippen LogP contribution is 2.10. The van der Waals surface area contributed by atoms with Crippen molar-refractivity contribution in [2.45, 2.75) is 0 Å². The SMILES string of the molecule is CN1CCN(Nc2nc(N)nc(N(C)C)n2)CC1. The van der Waals surface area contributed by atoms with Crippen molar-refractivity contribution in [1.82, 2.24) is 24.9 Å². The lowest BCUT2D eigenvalue weighted by atomic mass is 10.4. The summed E-state index contributed by atoms with van der Waals surface area (Å²) in [6.45, 7) is 3.90. The van der Waals surface area contributed by atoms with Crippen LogP contribution in [0.3, 0.4) is 0 Å². The summed E-state index contributed by atoms with van der Waals surface area (Å²) in [4.78, 5) is 16.5. The lowest BCUT2D eigenvalue weighted by Crippen LogP contribution is -2.47. The zero-order valence-electron chi connectivity index (χ0n) is 11.1. The minimum absolute atomic E-state index is 0.227. The van der Waals surface area contributed by atoms with Gasteiger partial charge in [0.15, 0.2) is 0 Å². The van der Waals surface area contributed by atoms with Crippen LogP contribution in [0.25, 0.3) is 0 Å². The van der Waals surface area contributed by atoms with Crippen molar-refractivity contribution in [3.05, 3.63) is 0 Å². The van der Waals surface area contributed by atoms with Crippen LogP contribution in [0, 0.1) is 0 Å². The minimum atomic E-state index is 0.227. The smallest absolute Gasteiger partial charge is 0.244 e. The predicted molar refractivity (Wildman–Crippen MR) is 71.3 cm³/mol. The molecule has 1 fully saturated rings. The van der Waals surface area contributed by atoms with E-state index in [0.29, 0.717) is 11.9 Å². The lowest BCUT2D eigenvalue weighted by molar-refractivity contribution is 0.178. The average molecular weight is 252 g/mol. The maximum Gasteiger partial charge on any atom is 0.244 e. The summed E-state index contributed by atoms with van der Waals surface area (Å²) < 4.78 is 0. The number of hydrogen-bond donors (Lipinski definition) is 2. The van der Waals surface area contributed by atoms with Gasteiger partial charge in [-0.25, -0.2) is 5.01 Å². The second-order valence-electron chi connectivity index (χ2n) is 4.61. The Morgan fingerprint density at radius 1 is 1.11 bits per heavy atom. The fourth-order valence-electron chi connectivity index (χ4n) is 1.69. The Kier molecular flexibility index (Phi) is 3.78. The van der Waals surface area contributed by atoms with Crippen molar-refractivity contribution in [2.24, 2.45) is 0 Å². The summed E-state index contributed by atoms with van der Waals surface area (Å²) in [5, 5.41) is 2.09. The number of nitrogens with zero attached hydrogens (tertiary/aromatic N) is 6. The topological polar surface area (TPSA) is 86.4 Å². The minimum Gasteiger partial charge on any atom is -0.368 e. The highest BCUT2D eigenvalue weighted by Gasteiger charge is 2.15. The summed E-state index contributed by atoms with van der Waals surface area (Å²) >= 11 is 0. The molecule has 3 N–H and O–H groups in total. The summed E-state index contributed by atoms with van der Waals surface area (Å²) in [6.07, 6.45) is 0. The number of aromatic nitrogens is 3. The quantitative estimate of drug-likeness (QED) is 0.715. The molecule has 18 heavy (non-hydrogen) atoms. The van der Waals surface area contributed by atoms with E-state index in [1.165, 1.54) is 0 Å². The Hall–Kier alpha value is -1.67. The molecule has 0 saturated carbocycles. The summed E-state index contributed by atoms with van der Waals surface area (Å²) in [5.41, 5.74) is 8.84. The molecule has 1 saturated heterocycles. The van der Waals surface area contributed by atoms with Crippen LogP contribution in [0.1, 0.15) is 0 Å². The average Bonchev–Trinajstić information content (AvgIpc) is 2.31. The molecule has 0 radical (unpaired) electrons. The summed E-state index contributed by atoms with van der Waals surface area (Å²) in [7, 11) is 5.85. The third-order valence-corrected chi connectivity index (χ3v) is 2.80. The Morgan fingerprint density at radius 3 is 2.39 bits per heavy atom. The molecule has 8 heteroatoms. The van der Waals surface area contributed by atoms with Crippen molar-refractivity contribution in [2.75, 3.05) is 63.4 Å². The summed E-state index contributed by atoms with van der Waals surface area (Å²) in [6, 6.07) is 0. The fraction of sp³-hybridized carbons (Fsp3) is 0.700. The second-order valence-corrected chi connectivity index (χ2v) is 4.61. The maximum atomic E-state index is 5.67. The van der Waals surface area contributed by atoms with Crippen LogP contribution in [0.5, 0.6) is 0 Å².